The molecule has 16 heavy (non-hydrogen) atoms. The van der Waals surface area contributed by atoms with E-state index in [4.69, 9.17) is 5.11 Å². The summed E-state index contributed by atoms with van der Waals surface area (Å²) in [4.78, 5) is 21.3. The van der Waals surface area contributed by atoms with Crippen molar-refractivity contribution >= 4 is 23.4 Å². The lowest BCUT2D eigenvalue weighted by Crippen LogP contribution is -1.96. The number of rotatable bonds is 5. The van der Waals surface area contributed by atoms with Crippen LogP contribution in [0.5, 0.6) is 0 Å². The molecule has 0 atom stereocenters. The lowest BCUT2D eigenvalue weighted by atomic mass is 10.2. The predicted octanol–water partition coefficient (Wildman–Crippen LogP) is 2.47. The molecule has 0 heterocycles. The molecular weight excluding hydrogens is 230 g/mol. The van der Waals surface area contributed by atoms with Crippen LogP contribution in [0.2, 0.25) is 0 Å². The van der Waals surface area contributed by atoms with Crippen LogP contribution in [0.15, 0.2) is 23.1 Å². The first-order valence-corrected chi connectivity index (χ1v) is 5.59. The normalized spacial score (nSPS) is 10.1. The number of nitro benzene ring substituents is 1. The van der Waals surface area contributed by atoms with Gasteiger partial charge in [-0.05, 0) is 19.1 Å². The summed E-state index contributed by atoms with van der Waals surface area (Å²) >= 11 is 1.38. The van der Waals surface area contributed by atoms with Crippen molar-refractivity contribution in [2.45, 2.75) is 18.2 Å². The number of carboxylic acid groups (broad SMARTS) is 1. The highest BCUT2D eigenvalue weighted by Crippen LogP contribution is 2.25. The third kappa shape index (κ3) is 3.54. The monoisotopic (exact) mass is 241 g/mol. The maximum absolute atomic E-state index is 10.6. The zero-order valence-corrected chi connectivity index (χ0v) is 9.49. The third-order valence-corrected chi connectivity index (χ3v) is 2.95. The van der Waals surface area contributed by atoms with E-state index in [1.54, 1.807) is 19.1 Å². The van der Waals surface area contributed by atoms with Crippen molar-refractivity contribution in [2.75, 3.05) is 5.75 Å². The fraction of sp³-hybridized carbons (Fsp3) is 0.300. The van der Waals surface area contributed by atoms with E-state index in [0.29, 0.717) is 11.3 Å². The van der Waals surface area contributed by atoms with E-state index >= 15 is 0 Å². The fourth-order valence-electron chi connectivity index (χ4n) is 1.18. The lowest BCUT2D eigenvalue weighted by molar-refractivity contribution is -0.385. The Morgan fingerprint density at radius 2 is 2.25 bits per heavy atom. The largest absolute Gasteiger partial charge is 0.481 e. The van der Waals surface area contributed by atoms with Gasteiger partial charge in [0.05, 0.1) is 11.3 Å². The van der Waals surface area contributed by atoms with Crippen LogP contribution in [0.4, 0.5) is 5.69 Å². The highest BCUT2D eigenvalue weighted by molar-refractivity contribution is 7.99. The molecule has 0 saturated heterocycles. The molecule has 5 nitrogen and oxygen atoms in total. The maximum Gasteiger partial charge on any atom is 0.304 e. The Balaban J connectivity index is 2.66. The summed E-state index contributed by atoms with van der Waals surface area (Å²) < 4.78 is 0. The van der Waals surface area contributed by atoms with Gasteiger partial charge >= 0.3 is 5.97 Å². The van der Waals surface area contributed by atoms with Crippen molar-refractivity contribution in [1.29, 1.82) is 0 Å². The van der Waals surface area contributed by atoms with Gasteiger partial charge in [0.25, 0.3) is 5.69 Å². The van der Waals surface area contributed by atoms with Crippen LogP contribution in [-0.4, -0.2) is 21.8 Å². The lowest BCUT2D eigenvalue weighted by Gasteiger charge is -2.02. The third-order valence-electron chi connectivity index (χ3n) is 1.95. The first-order chi connectivity index (χ1) is 7.50. The Morgan fingerprint density at radius 1 is 1.56 bits per heavy atom. The van der Waals surface area contributed by atoms with Gasteiger partial charge in [0.2, 0.25) is 0 Å². The number of aliphatic carboxylic acids is 1. The van der Waals surface area contributed by atoms with Crippen molar-refractivity contribution < 1.29 is 14.8 Å². The van der Waals surface area contributed by atoms with E-state index in [1.807, 2.05) is 0 Å². The van der Waals surface area contributed by atoms with E-state index < -0.39 is 10.9 Å². The molecule has 0 aliphatic heterocycles. The number of benzene rings is 1. The second-order valence-corrected chi connectivity index (χ2v) is 4.37. The van der Waals surface area contributed by atoms with Crippen LogP contribution in [0.3, 0.4) is 0 Å². The minimum Gasteiger partial charge on any atom is -0.481 e. The molecule has 1 aromatic rings. The van der Waals surface area contributed by atoms with Gasteiger partial charge in [-0.1, -0.05) is 0 Å². The van der Waals surface area contributed by atoms with E-state index in [2.05, 4.69) is 0 Å². The SMILES string of the molecule is Cc1cc(SCCC(=O)O)ccc1[N+](=O)[O-]. The molecule has 0 aliphatic carbocycles. The number of hydrogen-bond donors (Lipinski definition) is 1. The molecule has 1 rings (SSSR count). The minimum atomic E-state index is -0.842. The van der Waals surface area contributed by atoms with E-state index in [1.165, 1.54) is 17.8 Å². The Kier molecular flexibility index (Phi) is 4.30. The van der Waals surface area contributed by atoms with Crippen molar-refractivity contribution in [2.24, 2.45) is 0 Å². The summed E-state index contributed by atoms with van der Waals surface area (Å²) in [5, 5.41) is 19.0. The number of aryl methyl sites for hydroxylation is 1. The van der Waals surface area contributed by atoms with E-state index in [-0.39, 0.29) is 12.1 Å². The molecule has 0 saturated carbocycles. The number of nitro groups is 1. The number of carbonyl (C=O) groups is 1. The molecule has 0 unspecified atom stereocenters. The Morgan fingerprint density at radius 3 is 2.75 bits per heavy atom. The average Bonchev–Trinajstić information content (AvgIpc) is 2.16. The first kappa shape index (κ1) is 12.5. The summed E-state index contributed by atoms with van der Waals surface area (Å²) in [5.74, 6) is -0.377. The van der Waals surface area contributed by atoms with Crippen LogP contribution in [0, 0.1) is 17.0 Å². The maximum atomic E-state index is 10.6. The number of thioether (sulfide) groups is 1. The van der Waals surface area contributed by atoms with Gasteiger partial charge in [0, 0.05) is 22.3 Å². The van der Waals surface area contributed by atoms with Gasteiger partial charge in [-0.2, -0.15) is 0 Å². The van der Waals surface area contributed by atoms with Gasteiger partial charge in [0.1, 0.15) is 0 Å². The van der Waals surface area contributed by atoms with Crippen LogP contribution in [0.1, 0.15) is 12.0 Å². The molecule has 0 amide bonds. The summed E-state index contributed by atoms with van der Waals surface area (Å²) in [6, 6.07) is 4.78. The minimum absolute atomic E-state index is 0.0840. The van der Waals surface area contributed by atoms with Gasteiger partial charge in [-0.3, -0.25) is 14.9 Å². The molecule has 0 radical (unpaired) electrons. The van der Waals surface area contributed by atoms with Gasteiger partial charge < -0.3 is 5.11 Å². The topological polar surface area (TPSA) is 80.4 Å². The molecule has 0 aliphatic rings. The molecule has 6 heteroatoms. The molecule has 0 spiro atoms. The number of hydrogen-bond acceptors (Lipinski definition) is 4. The van der Waals surface area contributed by atoms with Crippen LogP contribution < -0.4 is 0 Å². The van der Waals surface area contributed by atoms with Gasteiger partial charge in [-0.25, -0.2) is 0 Å². The molecule has 86 valence electrons. The van der Waals surface area contributed by atoms with Crippen molar-refractivity contribution in [3.63, 3.8) is 0 Å². The Hall–Kier alpha value is -1.56. The number of carboxylic acids is 1. The van der Waals surface area contributed by atoms with Crippen LogP contribution >= 0.6 is 11.8 Å². The quantitative estimate of drug-likeness (QED) is 0.486. The zero-order chi connectivity index (χ0) is 12.1. The smallest absolute Gasteiger partial charge is 0.304 e. The van der Waals surface area contributed by atoms with Gasteiger partial charge in [0.15, 0.2) is 0 Å². The summed E-state index contributed by atoms with van der Waals surface area (Å²) in [7, 11) is 0. The van der Waals surface area contributed by atoms with E-state index in [0.717, 1.165) is 4.90 Å². The molecular formula is C10H11NO4S. The molecule has 0 aromatic heterocycles. The Labute approximate surface area is 96.6 Å². The van der Waals surface area contributed by atoms with Crippen molar-refractivity contribution in [3.8, 4) is 0 Å². The van der Waals surface area contributed by atoms with Crippen LogP contribution in [0.25, 0.3) is 0 Å². The highest BCUT2D eigenvalue weighted by atomic mass is 32.2. The van der Waals surface area contributed by atoms with Crippen molar-refractivity contribution in [3.05, 3.63) is 33.9 Å². The standard InChI is InChI=1S/C10H11NO4S/c1-7-6-8(16-5-4-10(12)13)2-3-9(7)11(14)15/h2-3,6H,4-5H2,1H3,(H,12,13). The highest BCUT2D eigenvalue weighted by Gasteiger charge is 2.10. The molecule has 1 N–H and O–H groups in total. The summed E-state index contributed by atoms with van der Waals surface area (Å²) in [5.41, 5.74) is 0.674. The number of nitrogens with zero attached hydrogens (tertiary/aromatic N) is 1. The average molecular weight is 241 g/mol. The Bertz CT molecular complexity index is 419. The molecule has 0 bridgehead atoms. The van der Waals surface area contributed by atoms with E-state index in [9.17, 15) is 14.9 Å². The van der Waals surface area contributed by atoms with Gasteiger partial charge in [-0.15, -0.1) is 11.8 Å². The summed E-state index contributed by atoms with van der Waals surface area (Å²) in [6.07, 6.45) is 0.0840. The van der Waals surface area contributed by atoms with Crippen LogP contribution in [-0.2, 0) is 4.79 Å². The molecule has 0 fully saturated rings. The second kappa shape index (κ2) is 5.50. The first-order valence-electron chi connectivity index (χ1n) is 4.60. The van der Waals surface area contributed by atoms with Crippen molar-refractivity contribution in [1.82, 2.24) is 0 Å². The zero-order valence-electron chi connectivity index (χ0n) is 8.67. The molecule has 1 aromatic carbocycles. The summed E-state index contributed by atoms with van der Waals surface area (Å²) in [6.45, 7) is 1.67. The fourth-order valence-corrected chi connectivity index (χ4v) is 2.12. The predicted molar refractivity (Wildman–Crippen MR) is 60.8 cm³/mol. The second-order valence-electron chi connectivity index (χ2n) is 3.20.